The summed E-state index contributed by atoms with van der Waals surface area (Å²) < 4.78 is 53.9. The van der Waals surface area contributed by atoms with Crippen molar-refractivity contribution in [3.05, 3.63) is 126 Å². The molecule has 39 heavy (non-hydrogen) atoms. The van der Waals surface area contributed by atoms with Gasteiger partial charge in [-0.25, -0.2) is 14.4 Å². The molecule has 1 aromatic carbocycles. The lowest BCUT2D eigenvalue weighted by Crippen LogP contribution is -2.16. The Balaban J connectivity index is 1.47. The lowest BCUT2D eigenvalue weighted by Gasteiger charge is -2.21. The summed E-state index contributed by atoms with van der Waals surface area (Å²) in [7, 11) is 1.92. The molecule has 1 aliphatic rings. The van der Waals surface area contributed by atoms with Crippen molar-refractivity contribution in [3.63, 3.8) is 0 Å². The van der Waals surface area contributed by atoms with Crippen LogP contribution >= 0.6 is 0 Å². The number of nitrogens with one attached hydrogen (secondary N) is 2. The summed E-state index contributed by atoms with van der Waals surface area (Å²) in [5.41, 5.74) is 3.54. The third-order valence-electron chi connectivity index (χ3n) is 5.93. The second-order valence-electron chi connectivity index (χ2n) is 8.86. The topological polar surface area (TPSA) is 66.0 Å². The first-order chi connectivity index (χ1) is 18.5. The molecule has 0 saturated heterocycles. The number of aryl methyl sites for hydroxylation is 1. The van der Waals surface area contributed by atoms with E-state index in [1.165, 1.54) is 12.3 Å². The third-order valence-corrected chi connectivity index (χ3v) is 5.93. The quantitative estimate of drug-likeness (QED) is 0.304. The molecule has 3 heterocycles. The van der Waals surface area contributed by atoms with Gasteiger partial charge in [-0.05, 0) is 54.0 Å². The molecule has 0 saturated carbocycles. The molecule has 2 aromatic heterocycles. The second-order valence-corrected chi connectivity index (χ2v) is 8.86. The maximum Gasteiger partial charge on any atom is 0.417 e. The van der Waals surface area contributed by atoms with E-state index in [2.05, 4.69) is 38.7 Å². The van der Waals surface area contributed by atoms with E-state index in [1.54, 1.807) is 24.5 Å². The van der Waals surface area contributed by atoms with Crippen LogP contribution in [0.4, 0.5) is 29.2 Å². The molecular formula is C29H26F4N6. The number of alkyl halides is 3. The maximum absolute atomic E-state index is 15.1. The van der Waals surface area contributed by atoms with Crippen LogP contribution in [0.2, 0.25) is 0 Å². The standard InChI is InChI=1S/C29H26F4N6/c1-5-26(27-8-6-7-9-39(27)4)38-28-35-14-21(15-36-28)24-13-25(30)20(10-18(24)2)11-19(3)37-23-12-22(16-34-17-23)29(31,32)33/h5-10,12-17,37H,1,3,11H2,2,4H3,(H,35,36,38)/b27-26+. The van der Waals surface area contributed by atoms with Crippen LogP contribution in [0, 0.1) is 12.7 Å². The van der Waals surface area contributed by atoms with Crippen LogP contribution in [-0.2, 0) is 12.6 Å². The van der Waals surface area contributed by atoms with Crippen molar-refractivity contribution in [1.29, 1.82) is 0 Å². The number of allylic oxidation sites excluding steroid dienone is 5. The highest BCUT2D eigenvalue weighted by atomic mass is 19.4. The number of halogens is 4. The number of rotatable bonds is 8. The zero-order valence-electron chi connectivity index (χ0n) is 21.4. The molecule has 0 bridgehead atoms. The Bertz CT molecular complexity index is 1490. The van der Waals surface area contributed by atoms with E-state index in [-0.39, 0.29) is 12.1 Å². The van der Waals surface area contributed by atoms with Gasteiger partial charge in [0.2, 0.25) is 5.95 Å². The van der Waals surface area contributed by atoms with Crippen LogP contribution in [0.25, 0.3) is 11.1 Å². The summed E-state index contributed by atoms with van der Waals surface area (Å²) in [5, 5.41) is 5.93. The third kappa shape index (κ3) is 6.59. The minimum absolute atomic E-state index is 0.0691. The van der Waals surface area contributed by atoms with Crippen molar-refractivity contribution >= 4 is 11.6 Å². The molecule has 0 amide bonds. The van der Waals surface area contributed by atoms with Gasteiger partial charge in [0, 0.05) is 49.5 Å². The zero-order valence-corrected chi connectivity index (χ0v) is 21.4. The predicted octanol–water partition coefficient (Wildman–Crippen LogP) is 7.00. The number of aromatic nitrogens is 3. The normalized spacial score (nSPS) is 14.3. The van der Waals surface area contributed by atoms with Gasteiger partial charge in [-0.15, -0.1) is 0 Å². The van der Waals surface area contributed by atoms with Crippen molar-refractivity contribution < 1.29 is 17.6 Å². The molecule has 4 rings (SSSR count). The van der Waals surface area contributed by atoms with Crippen LogP contribution < -0.4 is 10.6 Å². The van der Waals surface area contributed by atoms with Crippen LogP contribution in [0.1, 0.15) is 16.7 Å². The Hall–Kier alpha value is -4.73. The molecule has 0 atom stereocenters. The van der Waals surface area contributed by atoms with Gasteiger partial charge < -0.3 is 15.5 Å². The average Bonchev–Trinajstić information content (AvgIpc) is 2.90. The summed E-state index contributed by atoms with van der Waals surface area (Å²) in [5.74, 6) is -0.125. The van der Waals surface area contributed by atoms with E-state index in [9.17, 15) is 13.2 Å². The number of likely N-dealkylation sites (N-methyl/N-ethyl adjacent to an activating group) is 1. The first-order valence-electron chi connectivity index (χ1n) is 11.8. The highest BCUT2D eigenvalue weighted by Gasteiger charge is 2.31. The lowest BCUT2D eigenvalue weighted by atomic mass is 9.98. The van der Waals surface area contributed by atoms with Crippen molar-refractivity contribution in [2.45, 2.75) is 19.5 Å². The van der Waals surface area contributed by atoms with E-state index >= 15 is 4.39 Å². The summed E-state index contributed by atoms with van der Waals surface area (Å²) in [4.78, 5) is 14.3. The summed E-state index contributed by atoms with van der Waals surface area (Å²) in [6.45, 7) is 9.52. The molecule has 0 fully saturated rings. The number of hydrogen-bond acceptors (Lipinski definition) is 6. The van der Waals surface area contributed by atoms with Crippen LogP contribution in [-0.4, -0.2) is 26.9 Å². The van der Waals surface area contributed by atoms with Gasteiger partial charge in [0.1, 0.15) is 5.82 Å². The SMILES string of the molecule is C=C/C(Nc1ncc(-c2cc(F)c(CC(=C)Nc3cncc(C(F)(F)F)c3)cc2C)cn1)=C1/C=CC=CN1C. The molecule has 1 aliphatic heterocycles. The predicted molar refractivity (Wildman–Crippen MR) is 145 cm³/mol. The van der Waals surface area contributed by atoms with E-state index in [1.807, 2.05) is 43.3 Å². The number of anilines is 2. The largest absolute Gasteiger partial charge is 0.417 e. The summed E-state index contributed by atoms with van der Waals surface area (Å²) >= 11 is 0. The number of benzene rings is 1. The second kappa shape index (κ2) is 11.3. The van der Waals surface area contributed by atoms with E-state index in [0.717, 1.165) is 29.2 Å². The Morgan fingerprint density at radius 1 is 1.05 bits per heavy atom. The van der Waals surface area contributed by atoms with Crippen LogP contribution in [0.3, 0.4) is 0 Å². The van der Waals surface area contributed by atoms with Crippen molar-refractivity contribution in [2.24, 2.45) is 0 Å². The van der Waals surface area contributed by atoms with E-state index in [4.69, 9.17) is 0 Å². The molecular weight excluding hydrogens is 508 g/mol. The van der Waals surface area contributed by atoms with Crippen molar-refractivity contribution in [1.82, 2.24) is 19.9 Å². The highest BCUT2D eigenvalue weighted by molar-refractivity contribution is 5.67. The molecule has 2 N–H and O–H groups in total. The fourth-order valence-electron chi connectivity index (χ4n) is 4.00. The first-order valence-corrected chi connectivity index (χ1v) is 11.8. The fourth-order valence-corrected chi connectivity index (χ4v) is 4.00. The molecule has 0 spiro atoms. The Morgan fingerprint density at radius 2 is 1.79 bits per heavy atom. The van der Waals surface area contributed by atoms with Crippen molar-refractivity contribution in [2.75, 3.05) is 17.7 Å². The van der Waals surface area contributed by atoms with Crippen LogP contribution in [0.5, 0.6) is 0 Å². The van der Waals surface area contributed by atoms with Gasteiger partial charge in [0.25, 0.3) is 0 Å². The molecule has 200 valence electrons. The summed E-state index contributed by atoms with van der Waals surface area (Å²) in [6, 6.07) is 3.99. The Morgan fingerprint density at radius 3 is 2.46 bits per heavy atom. The number of pyridine rings is 1. The van der Waals surface area contributed by atoms with Gasteiger partial charge in [0.15, 0.2) is 0 Å². The first kappa shape index (κ1) is 27.3. The van der Waals surface area contributed by atoms with Crippen LogP contribution in [0.15, 0.2) is 104 Å². The Labute approximate surface area is 223 Å². The van der Waals surface area contributed by atoms with Gasteiger partial charge in [0.05, 0.1) is 28.8 Å². The molecule has 10 heteroatoms. The fraction of sp³-hybridized carbons (Fsp3) is 0.138. The minimum Gasteiger partial charge on any atom is -0.358 e. The summed E-state index contributed by atoms with van der Waals surface area (Å²) in [6.07, 6.45) is 10.1. The molecule has 6 nitrogen and oxygen atoms in total. The van der Waals surface area contributed by atoms with Crippen molar-refractivity contribution in [3.8, 4) is 11.1 Å². The number of nitrogens with zero attached hydrogens (tertiary/aromatic N) is 4. The van der Waals surface area contributed by atoms with Gasteiger partial charge >= 0.3 is 6.18 Å². The van der Waals surface area contributed by atoms with E-state index < -0.39 is 17.6 Å². The Kier molecular flexibility index (Phi) is 7.94. The molecule has 3 aromatic rings. The molecule has 0 unspecified atom stereocenters. The highest BCUT2D eigenvalue weighted by Crippen LogP contribution is 2.31. The van der Waals surface area contributed by atoms with E-state index in [0.29, 0.717) is 28.3 Å². The number of hydrogen-bond donors (Lipinski definition) is 2. The lowest BCUT2D eigenvalue weighted by molar-refractivity contribution is -0.137. The average molecular weight is 535 g/mol. The smallest absolute Gasteiger partial charge is 0.358 e. The van der Waals surface area contributed by atoms with Gasteiger partial charge in [-0.3, -0.25) is 4.98 Å². The maximum atomic E-state index is 15.1. The zero-order chi connectivity index (χ0) is 28.2. The monoisotopic (exact) mass is 534 g/mol. The molecule has 0 aliphatic carbocycles. The van der Waals surface area contributed by atoms with Gasteiger partial charge in [-0.2, -0.15) is 13.2 Å². The molecule has 0 radical (unpaired) electrons. The minimum atomic E-state index is -4.52. The van der Waals surface area contributed by atoms with Gasteiger partial charge in [-0.1, -0.05) is 25.3 Å².